The smallest absolute Gasteiger partial charge is 0.108 e. The summed E-state index contributed by atoms with van der Waals surface area (Å²) >= 11 is 1.73. The molecule has 3 nitrogen and oxygen atoms in total. The summed E-state index contributed by atoms with van der Waals surface area (Å²) in [6.45, 7) is 6.00. The Kier molecular flexibility index (Phi) is 4.10. The van der Waals surface area contributed by atoms with Crippen molar-refractivity contribution in [1.82, 2.24) is 9.88 Å². The summed E-state index contributed by atoms with van der Waals surface area (Å²) < 4.78 is 1.23. The van der Waals surface area contributed by atoms with E-state index in [1.165, 1.54) is 4.70 Å². The van der Waals surface area contributed by atoms with Crippen molar-refractivity contribution in [3.8, 4) is 0 Å². The molecule has 1 aromatic carbocycles. The number of fused-ring (bicyclic) bond motifs is 1. The lowest BCUT2D eigenvalue weighted by molar-refractivity contribution is 0.159. The van der Waals surface area contributed by atoms with E-state index in [0.29, 0.717) is 12.6 Å². The Morgan fingerprint density at radius 1 is 1.35 bits per heavy atom. The second kappa shape index (κ2) is 5.58. The fraction of sp³-hybridized carbons (Fsp3) is 0.462. The molecule has 2 aromatic rings. The van der Waals surface area contributed by atoms with Crippen LogP contribution in [0, 0.1) is 0 Å². The van der Waals surface area contributed by atoms with Crippen molar-refractivity contribution < 1.29 is 5.11 Å². The predicted octanol–water partition coefficient (Wildman–Crippen LogP) is 2.50. The third kappa shape index (κ3) is 3.03. The van der Waals surface area contributed by atoms with Gasteiger partial charge in [-0.05, 0) is 26.0 Å². The quantitative estimate of drug-likeness (QED) is 0.885. The number of rotatable bonds is 5. The predicted molar refractivity (Wildman–Crippen MR) is 72.3 cm³/mol. The van der Waals surface area contributed by atoms with Crippen LogP contribution in [-0.4, -0.2) is 34.2 Å². The molecular weight excluding hydrogens is 232 g/mol. The molecule has 2 rings (SSSR count). The van der Waals surface area contributed by atoms with Crippen molar-refractivity contribution in [3.05, 3.63) is 29.3 Å². The summed E-state index contributed by atoms with van der Waals surface area (Å²) in [5.41, 5.74) is 1.07. The summed E-state index contributed by atoms with van der Waals surface area (Å²) in [5.74, 6) is 0. The summed E-state index contributed by atoms with van der Waals surface area (Å²) in [6.07, 6.45) is 0. The lowest BCUT2D eigenvalue weighted by atomic mass is 10.3. The van der Waals surface area contributed by atoms with Crippen LogP contribution in [0.2, 0.25) is 0 Å². The van der Waals surface area contributed by atoms with Gasteiger partial charge in [-0.3, -0.25) is 4.90 Å². The molecule has 0 aliphatic rings. The van der Waals surface area contributed by atoms with Crippen LogP contribution in [0.25, 0.3) is 10.2 Å². The van der Waals surface area contributed by atoms with E-state index in [-0.39, 0.29) is 6.61 Å². The highest BCUT2D eigenvalue weighted by molar-refractivity contribution is 7.18. The van der Waals surface area contributed by atoms with Crippen LogP contribution >= 0.6 is 11.3 Å². The Bertz CT molecular complexity index is 448. The molecule has 0 aliphatic carbocycles. The highest BCUT2D eigenvalue weighted by Crippen LogP contribution is 2.22. The zero-order chi connectivity index (χ0) is 12.3. The van der Waals surface area contributed by atoms with Crippen LogP contribution in [0.3, 0.4) is 0 Å². The van der Waals surface area contributed by atoms with Gasteiger partial charge in [0.15, 0.2) is 0 Å². The number of aliphatic hydroxyl groups excluding tert-OH is 1. The van der Waals surface area contributed by atoms with Gasteiger partial charge < -0.3 is 5.11 Å². The fourth-order valence-corrected chi connectivity index (χ4v) is 2.80. The molecule has 17 heavy (non-hydrogen) atoms. The minimum Gasteiger partial charge on any atom is -0.395 e. The van der Waals surface area contributed by atoms with Gasteiger partial charge in [-0.15, -0.1) is 11.3 Å². The maximum Gasteiger partial charge on any atom is 0.108 e. The third-order valence-corrected chi connectivity index (χ3v) is 3.82. The van der Waals surface area contributed by atoms with E-state index in [0.717, 1.165) is 17.1 Å². The van der Waals surface area contributed by atoms with E-state index in [1.807, 2.05) is 18.2 Å². The van der Waals surface area contributed by atoms with Crippen molar-refractivity contribution in [2.75, 3.05) is 13.2 Å². The monoisotopic (exact) mass is 250 g/mol. The van der Waals surface area contributed by atoms with Crippen molar-refractivity contribution >= 4 is 21.6 Å². The molecule has 4 heteroatoms. The van der Waals surface area contributed by atoms with Gasteiger partial charge in [-0.1, -0.05) is 12.1 Å². The first-order chi connectivity index (χ1) is 8.20. The molecule has 0 saturated heterocycles. The van der Waals surface area contributed by atoms with Gasteiger partial charge >= 0.3 is 0 Å². The van der Waals surface area contributed by atoms with Crippen molar-refractivity contribution in [1.29, 1.82) is 0 Å². The first-order valence-corrected chi connectivity index (χ1v) is 6.71. The number of thiazole rings is 1. The zero-order valence-corrected chi connectivity index (χ0v) is 11.1. The Morgan fingerprint density at radius 2 is 2.12 bits per heavy atom. The molecule has 0 atom stereocenters. The molecule has 92 valence electrons. The average molecular weight is 250 g/mol. The second-order valence-electron chi connectivity index (χ2n) is 4.36. The van der Waals surface area contributed by atoms with E-state index < -0.39 is 0 Å². The molecule has 1 N–H and O–H groups in total. The van der Waals surface area contributed by atoms with Crippen LogP contribution in [-0.2, 0) is 6.54 Å². The lowest BCUT2D eigenvalue weighted by Gasteiger charge is -2.24. The van der Waals surface area contributed by atoms with Gasteiger partial charge in [-0.25, -0.2) is 4.98 Å². The summed E-state index contributed by atoms with van der Waals surface area (Å²) in [7, 11) is 0. The molecule has 0 fully saturated rings. The summed E-state index contributed by atoms with van der Waals surface area (Å²) in [6, 6.07) is 8.62. The first kappa shape index (κ1) is 12.5. The van der Waals surface area contributed by atoms with Gasteiger partial charge in [0.1, 0.15) is 5.01 Å². The molecule has 0 radical (unpaired) electrons. The topological polar surface area (TPSA) is 36.4 Å². The van der Waals surface area contributed by atoms with E-state index >= 15 is 0 Å². The highest BCUT2D eigenvalue weighted by atomic mass is 32.1. The Morgan fingerprint density at radius 3 is 2.76 bits per heavy atom. The number of aromatic nitrogens is 1. The number of hydrogen-bond donors (Lipinski definition) is 1. The van der Waals surface area contributed by atoms with E-state index in [4.69, 9.17) is 5.11 Å². The van der Waals surface area contributed by atoms with Gasteiger partial charge in [0.2, 0.25) is 0 Å². The van der Waals surface area contributed by atoms with Gasteiger partial charge in [0.05, 0.1) is 23.4 Å². The molecule has 0 unspecified atom stereocenters. The number of aliphatic hydroxyl groups is 1. The molecule has 0 aliphatic heterocycles. The number of nitrogens with zero attached hydrogens (tertiary/aromatic N) is 2. The Labute approximate surface area is 106 Å². The van der Waals surface area contributed by atoms with Crippen LogP contribution in [0.15, 0.2) is 24.3 Å². The third-order valence-electron chi connectivity index (χ3n) is 2.79. The van der Waals surface area contributed by atoms with Gasteiger partial charge in [0, 0.05) is 12.6 Å². The summed E-state index contributed by atoms with van der Waals surface area (Å²) in [5, 5.41) is 10.2. The van der Waals surface area contributed by atoms with Crippen LogP contribution in [0.4, 0.5) is 0 Å². The standard InChI is InChI=1S/C13H18N2OS/c1-10(2)15(7-8-16)9-13-14-11-5-3-4-6-12(11)17-13/h3-6,10,16H,7-9H2,1-2H3. The molecular formula is C13H18N2OS. The van der Waals surface area contributed by atoms with Crippen LogP contribution in [0.5, 0.6) is 0 Å². The number of para-hydroxylation sites is 1. The molecule has 0 amide bonds. The van der Waals surface area contributed by atoms with Gasteiger partial charge in [-0.2, -0.15) is 0 Å². The maximum absolute atomic E-state index is 9.04. The van der Waals surface area contributed by atoms with Crippen LogP contribution < -0.4 is 0 Å². The van der Waals surface area contributed by atoms with E-state index in [1.54, 1.807) is 11.3 Å². The van der Waals surface area contributed by atoms with Crippen molar-refractivity contribution in [2.45, 2.75) is 26.4 Å². The van der Waals surface area contributed by atoms with Crippen LogP contribution in [0.1, 0.15) is 18.9 Å². The Hall–Kier alpha value is -0.970. The SMILES string of the molecule is CC(C)N(CCO)Cc1nc2ccccc2s1. The van der Waals surface area contributed by atoms with E-state index in [2.05, 4.69) is 29.8 Å². The molecule has 1 aromatic heterocycles. The minimum absolute atomic E-state index is 0.197. The zero-order valence-electron chi connectivity index (χ0n) is 10.3. The maximum atomic E-state index is 9.04. The molecule has 0 spiro atoms. The second-order valence-corrected chi connectivity index (χ2v) is 5.48. The minimum atomic E-state index is 0.197. The average Bonchev–Trinajstić information content (AvgIpc) is 2.70. The number of benzene rings is 1. The van der Waals surface area contributed by atoms with Crippen molar-refractivity contribution in [2.24, 2.45) is 0 Å². The molecule has 1 heterocycles. The first-order valence-electron chi connectivity index (χ1n) is 5.90. The normalized spacial score (nSPS) is 11.8. The highest BCUT2D eigenvalue weighted by Gasteiger charge is 2.12. The molecule has 0 bridgehead atoms. The number of hydrogen-bond acceptors (Lipinski definition) is 4. The van der Waals surface area contributed by atoms with E-state index in [9.17, 15) is 0 Å². The lowest BCUT2D eigenvalue weighted by Crippen LogP contribution is -2.32. The largest absolute Gasteiger partial charge is 0.395 e. The van der Waals surface area contributed by atoms with Gasteiger partial charge in [0.25, 0.3) is 0 Å². The summed E-state index contributed by atoms with van der Waals surface area (Å²) in [4.78, 5) is 6.85. The fourth-order valence-electron chi connectivity index (χ4n) is 1.81. The Balaban J connectivity index is 2.16. The molecule has 0 saturated carbocycles. The van der Waals surface area contributed by atoms with Crippen molar-refractivity contribution in [3.63, 3.8) is 0 Å².